The number of carbonyl (C=O) groups excluding carboxylic acids is 2. The second-order valence-electron chi connectivity index (χ2n) is 11.6. The van der Waals surface area contributed by atoms with Crippen LogP contribution in [0.25, 0.3) is 0 Å². The third-order valence-corrected chi connectivity index (χ3v) is 8.25. The van der Waals surface area contributed by atoms with Gasteiger partial charge in [-0.2, -0.15) is 0 Å². The second kappa shape index (κ2) is 13.4. The van der Waals surface area contributed by atoms with Gasteiger partial charge in [0.2, 0.25) is 0 Å². The molecule has 0 N–H and O–H groups in total. The normalized spacial score (nSPS) is 33.9. The standard InChI is InChI=1S/C30H48O7/c1-8-30(6,7)28(32)37-25-16-19(4)15-21-12-11-20(5)24(27(21)25)14-13-22-17-23(18-26(31)33-9-2)36-29(35-22)34-10-3/h11-12,15,19-20,22-25,27,29H,8-10,13-14,16-18H2,1-7H3/t19-,20-,22+,23+,24-,25-,27-,29?/m0/s1. The van der Waals surface area contributed by atoms with Crippen LogP contribution in [0.15, 0.2) is 23.8 Å². The van der Waals surface area contributed by atoms with Crippen molar-refractivity contribution in [1.82, 2.24) is 0 Å². The maximum absolute atomic E-state index is 13.1. The minimum absolute atomic E-state index is 0.0854. The molecule has 2 aliphatic carbocycles. The molecule has 0 amide bonds. The zero-order valence-electron chi connectivity index (χ0n) is 23.9. The Labute approximate surface area is 223 Å². The van der Waals surface area contributed by atoms with Crippen molar-refractivity contribution >= 4 is 11.9 Å². The van der Waals surface area contributed by atoms with E-state index < -0.39 is 11.9 Å². The van der Waals surface area contributed by atoms with Crippen LogP contribution in [0.5, 0.6) is 0 Å². The topological polar surface area (TPSA) is 80.3 Å². The number of carbonyl (C=O) groups is 2. The molecule has 8 atom stereocenters. The summed E-state index contributed by atoms with van der Waals surface area (Å²) >= 11 is 0. The number of esters is 2. The largest absolute Gasteiger partial charge is 0.466 e. The Morgan fingerprint density at radius 2 is 1.76 bits per heavy atom. The van der Waals surface area contributed by atoms with Gasteiger partial charge in [0, 0.05) is 18.9 Å². The molecule has 1 saturated heterocycles. The first kappa shape index (κ1) is 29.9. The quantitative estimate of drug-likeness (QED) is 0.311. The van der Waals surface area contributed by atoms with E-state index in [2.05, 4.69) is 32.1 Å². The van der Waals surface area contributed by atoms with E-state index in [0.717, 1.165) is 25.7 Å². The van der Waals surface area contributed by atoms with E-state index >= 15 is 0 Å². The summed E-state index contributed by atoms with van der Waals surface area (Å²) in [6.45, 7) is 14.1. The Hall–Kier alpha value is -1.70. The van der Waals surface area contributed by atoms with E-state index in [1.165, 1.54) is 5.57 Å². The molecule has 1 aliphatic heterocycles. The number of hydrogen-bond donors (Lipinski definition) is 0. The Bertz CT molecular complexity index is 832. The third-order valence-electron chi connectivity index (χ3n) is 8.25. The third kappa shape index (κ3) is 7.90. The first-order chi connectivity index (χ1) is 17.6. The molecule has 0 aromatic carbocycles. The van der Waals surface area contributed by atoms with E-state index in [9.17, 15) is 9.59 Å². The summed E-state index contributed by atoms with van der Waals surface area (Å²) < 4.78 is 29.0. The van der Waals surface area contributed by atoms with E-state index in [1.54, 1.807) is 6.92 Å². The molecule has 7 nitrogen and oxygen atoms in total. The van der Waals surface area contributed by atoms with Gasteiger partial charge in [-0.3, -0.25) is 9.59 Å². The Morgan fingerprint density at radius 1 is 1.03 bits per heavy atom. The van der Waals surface area contributed by atoms with Crippen molar-refractivity contribution in [3.8, 4) is 0 Å². The summed E-state index contributed by atoms with van der Waals surface area (Å²) in [6, 6.07) is 0. The fourth-order valence-electron chi connectivity index (χ4n) is 5.73. The summed E-state index contributed by atoms with van der Waals surface area (Å²) in [5.74, 6) is 0.844. The SMILES string of the molecule is CCOC(=O)C[C@H]1C[C@@H](CC[C@@H]2[C@@H]3C(=C[C@H](C)C[C@@H]3OC(=O)C(C)(C)CC)C=C[C@@H]2C)OC(OCC)O1. The maximum Gasteiger partial charge on any atom is 0.311 e. The van der Waals surface area contributed by atoms with Crippen molar-refractivity contribution in [3.63, 3.8) is 0 Å². The Kier molecular flexibility index (Phi) is 10.8. The van der Waals surface area contributed by atoms with Crippen LogP contribution in [0.4, 0.5) is 0 Å². The summed E-state index contributed by atoms with van der Waals surface area (Å²) in [7, 11) is 0. The molecule has 3 aliphatic rings. The van der Waals surface area contributed by atoms with Crippen molar-refractivity contribution < 1.29 is 33.3 Å². The highest BCUT2D eigenvalue weighted by Gasteiger charge is 2.43. The van der Waals surface area contributed by atoms with Crippen LogP contribution < -0.4 is 0 Å². The van der Waals surface area contributed by atoms with Gasteiger partial charge < -0.3 is 23.7 Å². The van der Waals surface area contributed by atoms with Crippen LogP contribution in [0.1, 0.15) is 87.0 Å². The summed E-state index contributed by atoms with van der Waals surface area (Å²) in [6.07, 6.45) is 10.5. The first-order valence-corrected chi connectivity index (χ1v) is 14.3. The van der Waals surface area contributed by atoms with Gasteiger partial charge in [-0.05, 0) is 76.7 Å². The minimum Gasteiger partial charge on any atom is -0.466 e. The smallest absolute Gasteiger partial charge is 0.311 e. The predicted octanol–water partition coefficient (Wildman–Crippen LogP) is 5.97. The molecule has 0 spiro atoms. The zero-order valence-corrected chi connectivity index (χ0v) is 23.9. The lowest BCUT2D eigenvalue weighted by Crippen LogP contribution is -2.44. The van der Waals surface area contributed by atoms with Crippen LogP contribution in [-0.2, 0) is 33.3 Å². The fourth-order valence-corrected chi connectivity index (χ4v) is 5.73. The molecule has 3 rings (SSSR count). The molecule has 0 aromatic heterocycles. The van der Waals surface area contributed by atoms with Crippen LogP contribution in [0.2, 0.25) is 0 Å². The lowest BCUT2D eigenvalue weighted by atomic mass is 9.65. The summed E-state index contributed by atoms with van der Waals surface area (Å²) in [5, 5.41) is 0. The van der Waals surface area contributed by atoms with Crippen molar-refractivity contribution in [3.05, 3.63) is 23.8 Å². The number of rotatable bonds is 11. The van der Waals surface area contributed by atoms with Gasteiger partial charge in [0.15, 0.2) is 0 Å². The van der Waals surface area contributed by atoms with Gasteiger partial charge in [0.05, 0.1) is 30.7 Å². The van der Waals surface area contributed by atoms with Crippen molar-refractivity contribution in [2.45, 2.75) is 112 Å². The van der Waals surface area contributed by atoms with Gasteiger partial charge in [0.1, 0.15) is 6.10 Å². The zero-order chi connectivity index (χ0) is 27.2. The molecule has 1 unspecified atom stereocenters. The molecule has 1 heterocycles. The number of ether oxygens (including phenoxy) is 5. The van der Waals surface area contributed by atoms with Gasteiger partial charge >= 0.3 is 11.9 Å². The van der Waals surface area contributed by atoms with Crippen LogP contribution in [-0.4, -0.2) is 49.9 Å². The van der Waals surface area contributed by atoms with E-state index in [-0.39, 0.29) is 42.6 Å². The molecule has 0 aromatic rings. The average molecular weight is 521 g/mol. The van der Waals surface area contributed by atoms with E-state index in [0.29, 0.717) is 37.4 Å². The van der Waals surface area contributed by atoms with Crippen molar-refractivity contribution in [1.29, 1.82) is 0 Å². The average Bonchev–Trinajstić information content (AvgIpc) is 2.83. The lowest BCUT2D eigenvalue weighted by molar-refractivity contribution is -0.350. The lowest BCUT2D eigenvalue weighted by Gasteiger charge is -2.44. The van der Waals surface area contributed by atoms with Crippen molar-refractivity contribution in [2.75, 3.05) is 13.2 Å². The van der Waals surface area contributed by atoms with E-state index in [1.807, 2.05) is 27.7 Å². The van der Waals surface area contributed by atoms with Crippen LogP contribution in [0.3, 0.4) is 0 Å². The Balaban J connectivity index is 1.72. The minimum atomic E-state index is -0.775. The molecular formula is C30H48O7. The molecule has 0 saturated carbocycles. The molecule has 37 heavy (non-hydrogen) atoms. The highest BCUT2D eigenvalue weighted by atomic mass is 16.9. The molecular weight excluding hydrogens is 472 g/mol. The van der Waals surface area contributed by atoms with Gasteiger partial charge in [-0.15, -0.1) is 0 Å². The summed E-state index contributed by atoms with van der Waals surface area (Å²) in [5.41, 5.74) is 0.795. The molecule has 1 fully saturated rings. The first-order valence-electron chi connectivity index (χ1n) is 14.3. The van der Waals surface area contributed by atoms with Gasteiger partial charge in [0.25, 0.3) is 6.48 Å². The number of fused-ring (bicyclic) bond motifs is 1. The summed E-state index contributed by atoms with van der Waals surface area (Å²) in [4.78, 5) is 25.2. The number of hydrogen-bond acceptors (Lipinski definition) is 7. The number of allylic oxidation sites excluding steroid dienone is 3. The van der Waals surface area contributed by atoms with Gasteiger partial charge in [-0.1, -0.05) is 39.0 Å². The Morgan fingerprint density at radius 3 is 2.43 bits per heavy atom. The van der Waals surface area contributed by atoms with Crippen molar-refractivity contribution in [2.24, 2.45) is 29.1 Å². The van der Waals surface area contributed by atoms with E-state index in [4.69, 9.17) is 23.7 Å². The monoisotopic (exact) mass is 520 g/mol. The maximum atomic E-state index is 13.1. The molecule has 0 bridgehead atoms. The van der Waals surface area contributed by atoms with Gasteiger partial charge in [-0.25, -0.2) is 0 Å². The predicted molar refractivity (Wildman–Crippen MR) is 141 cm³/mol. The second-order valence-corrected chi connectivity index (χ2v) is 11.6. The van der Waals surface area contributed by atoms with Crippen LogP contribution in [0, 0.1) is 29.1 Å². The highest BCUT2D eigenvalue weighted by Crippen LogP contribution is 2.45. The van der Waals surface area contributed by atoms with Crippen LogP contribution >= 0.6 is 0 Å². The molecule has 0 radical (unpaired) electrons. The fraction of sp³-hybridized carbons (Fsp3) is 0.800. The molecule has 210 valence electrons. The molecule has 7 heteroatoms. The highest BCUT2D eigenvalue weighted by molar-refractivity contribution is 5.76.